The molecule has 1 aliphatic heterocycles. The second kappa shape index (κ2) is 6.20. The first-order chi connectivity index (χ1) is 10.6. The van der Waals surface area contributed by atoms with Crippen molar-refractivity contribution in [1.29, 1.82) is 0 Å². The summed E-state index contributed by atoms with van der Waals surface area (Å²) in [5.41, 5.74) is -1.38. The Hall–Kier alpha value is -1.48. The molecule has 10 heteroatoms. The Kier molecular flexibility index (Phi) is 4.81. The van der Waals surface area contributed by atoms with E-state index >= 15 is 0 Å². The zero-order valence-corrected chi connectivity index (χ0v) is 12.6. The number of alkyl halides is 3. The number of ether oxygens (including phenoxy) is 1. The topological polar surface area (TPSA) is 87.0 Å². The van der Waals surface area contributed by atoms with E-state index in [1.54, 1.807) is 0 Å². The first-order valence-corrected chi connectivity index (χ1v) is 6.81. The number of aliphatic hydroxyl groups is 2. The van der Waals surface area contributed by atoms with Crippen LogP contribution in [-0.4, -0.2) is 33.6 Å². The highest BCUT2D eigenvalue weighted by Crippen LogP contribution is 2.47. The lowest BCUT2D eigenvalue weighted by Crippen LogP contribution is -2.40. The fourth-order valence-corrected chi connectivity index (χ4v) is 2.82. The molecule has 1 aromatic carbocycles. The molecule has 1 aliphatic rings. The highest BCUT2D eigenvalue weighted by molar-refractivity contribution is 6.37. The van der Waals surface area contributed by atoms with Crippen molar-refractivity contribution in [2.45, 2.75) is 25.5 Å². The van der Waals surface area contributed by atoms with Crippen LogP contribution in [0.1, 0.15) is 16.7 Å². The number of fused-ring (bicyclic) bond motifs is 1. The van der Waals surface area contributed by atoms with Crippen molar-refractivity contribution in [3.8, 4) is 5.75 Å². The molecule has 0 spiro atoms. The van der Waals surface area contributed by atoms with Crippen molar-refractivity contribution >= 4 is 35.2 Å². The van der Waals surface area contributed by atoms with Gasteiger partial charge < -0.3 is 20.1 Å². The zero-order chi connectivity index (χ0) is 17.5. The normalized spacial score (nSPS) is 17.3. The molecule has 0 saturated carbocycles. The number of halogens is 5. The van der Waals surface area contributed by atoms with Crippen LogP contribution in [-0.2, 0) is 18.0 Å². The number of carboxylic acid groups (broad SMARTS) is 1. The largest absolute Gasteiger partial charge is 0.478 e. The fraction of sp³-hybridized carbons (Fsp3) is 0.308. The Morgan fingerprint density at radius 2 is 1.70 bits per heavy atom. The quantitative estimate of drug-likeness (QED) is 0.759. The third-order valence-corrected chi connectivity index (χ3v) is 4.08. The molecule has 3 N–H and O–H groups in total. The van der Waals surface area contributed by atoms with Crippen molar-refractivity contribution < 1.29 is 38.0 Å². The molecule has 1 heterocycles. The maximum absolute atomic E-state index is 13.0. The van der Waals surface area contributed by atoms with Crippen LogP contribution >= 0.6 is 23.2 Å². The highest BCUT2D eigenvalue weighted by Gasteiger charge is 2.49. The molecule has 0 saturated heterocycles. The number of carbonyl (C=O) groups is 1. The average molecular weight is 373 g/mol. The van der Waals surface area contributed by atoms with Crippen LogP contribution in [0, 0.1) is 0 Å². The van der Waals surface area contributed by atoms with Gasteiger partial charge in [-0.15, -0.1) is 0 Å². The summed E-state index contributed by atoms with van der Waals surface area (Å²) in [6, 6.07) is 0. The lowest BCUT2D eigenvalue weighted by molar-refractivity contribution is -0.187. The lowest BCUT2D eigenvalue weighted by atomic mass is 9.96. The summed E-state index contributed by atoms with van der Waals surface area (Å²) in [4.78, 5) is 11.1. The van der Waals surface area contributed by atoms with Crippen LogP contribution in [0.2, 0.25) is 10.0 Å². The van der Waals surface area contributed by atoms with E-state index in [-0.39, 0.29) is 26.7 Å². The van der Waals surface area contributed by atoms with Crippen molar-refractivity contribution in [2.24, 2.45) is 0 Å². The Morgan fingerprint density at radius 3 is 2.13 bits per heavy atom. The molecule has 0 bridgehead atoms. The van der Waals surface area contributed by atoms with E-state index in [2.05, 4.69) is 0 Å². The second-order valence-corrected chi connectivity index (χ2v) is 5.34. The van der Waals surface area contributed by atoms with Crippen LogP contribution < -0.4 is 4.74 Å². The van der Waals surface area contributed by atoms with Crippen molar-refractivity contribution in [1.82, 2.24) is 0 Å². The number of carboxylic acids is 1. The van der Waals surface area contributed by atoms with Gasteiger partial charge in [-0.25, -0.2) is 4.79 Å². The number of benzene rings is 1. The molecule has 1 atom stereocenters. The molecular weight excluding hydrogens is 364 g/mol. The van der Waals surface area contributed by atoms with Crippen LogP contribution in [0.5, 0.6) is 5.75 Å². The SMILES string of the molecule is O=C(O)C1=Cc2c(Cl)c(CO)c(CO)c(Cl)c2OC1C(F)(F)F. The first-order valence-electron chi connectivity index (χ1n) is 6.06. The summed E-state index contributed by atoms with van der Waals surface area (Å²) in [7, 11) is 0. The van der Waals surface area contributed by atoms with E-state index in [1.165, 1.54) is 0 Å². The Labute approximate surface area is 137 Å². The van der Waals surface area contributed by atoms with Crippen LogP contribution in [0.25, 0.3) is 6.08 Å². The van der Waals surface area contributed by atoms with Crippen LogP contribution in [0.15, 0.2) is 5.57 Å². The molecule has 5 nitrogen and oxygen atoms in total. The summed E-state index contributed by atoms with van der Waals surface area (Å²) >= 11 is 11.9. The van der Waals surface area contributed by atoms with E-state index in [0.717, 1.165) is 0 Å². The fourth-order valence-electron chi connectivity index (χ4n) is 2.19. The maximum Gasteiger partial charge on any atom is 0.430 e. The summed E-state index contributed by atoms with van der Waals surface area (Å²) < 4.78 is 43.8. The molecule has 0 amide bonds. The van der Waals surface area contributed by atoms with Gasteiger partial charge in [-0.1, -0.05) is 23.2 Å². The minimum Gasteiger partial charge on any atom is -0.478 e. The van der Waals surface area contributed by atoms with Gasteiger partial charge >= 0.3 is 12.1 Å². The predicted octanol–water partition coefficient (Wildman–Crippen LogP) is 2.77. The number of rotatable bonds is 3. The number of hydrogen-bond donors (Lipinski definition) is 3. The predicted molar refractivity (Wildman–Crippen MR) is 74.4 cm³/mol. The third-order valence-electron chi connectivity index (χ3n) is 3.25. The van der Waals surface area contributed by atoms with E-state index in [9.17, 15) is 28.2 Å². The number of aliphatic carboxylic acids is 1. The lowest BCUT2D eigenvalue weighted by Gasteiger charge is -2.29. The molecule has 2 rings (SSSR count). The minimum atomic E-state index is -4.99. The first kappa shape index (κ1) is 17.9. The van der Waals surface area contributed by atoms with E-state index < -0.39 is 42.8 Å². The number of aliphatic hydroxyl groups excluding tert-OH is 2. The van der Waals surface area contributed by atoms with Crippen molar-refractivity contribution in [2.75, 3.05) is 0 Å². The van der Waals surface area contributed by atoms with Gasteiger partial charge in [0.15, 0.2) is 0 Å². The Balaban J connectivity index is 2.78. The maximum atomic E-state index is 13.0. The molecule has 1 unspecified atom stereocenters. The summed E-state index contributed by atoms with van der Waals surface area (Å²) in [5.74, 6) is -2.33. The summed E-state index contributed by atoms with van der Waals surface area (Å²) in [6.45, 7) is -1.35. The summed E-state index contributed by atoms with van der Waals surface area (Å²) in [6.07, 6.45) is -7.02. The zero-order valence-electron chi connectivity index (χ0n) is 11.1. The van der Waals surface area contributed by atoms with E-state index in [0.29, 0.717) is 6.08 Å². The van der Waals surface area contributed by atoms with Crippen molar-refractivity contribution in [3.05, 3.63) is 32.3 Å². The van der Waals surface area contributed by atoms with Gasteiger partial charge in [-0.3, -0.25) is 0 Å². The average Bonchev–Trinajstić information content (AvgIpc) is 2.48. The smallest absolute Gasteiger partial charge is 0.430 e. The van der Waals surface area contributed by atoms with Crippen molar-refractivity contribution in [3.63, 3.8) is 0 Å². The van der Waals surface area contributed by atoms with E-state index in [4.69, 9.17) is 33.0 Å². The van der Waals surface area contributed by atoms with Gasteiger partial charge in [0.2, 0.25) is 6.10 Å². The summed E-state index contributed by atoms with van der Waals surface area (Å²) in [5, 5.41) is 26.9. The van der Waals surface area contributed by atoms with Gasteiger partial charge in [0, 0.05) is 16.7 Å². The van der Waals surface area contributed by atoms with Gasteiger partial charge in [0.1, 0.15) is 5.75 Å². The molecule has 0 aliphatic carbocycles. The number of hydrogen-bond acceptors (Lipinski definition) is 4. The standard InChI is InChI=1S/C13H9Cl2F3O5/c14-8-4-1-5(12(21)22)11(13(16,17)18)23-10(4)9(15)7(3-20)6(8)2-19/h1,11,19-20H,2-3H2,(H,21,22). The molecule has 23 heavy (non-hydrogen) atoms. The highest BCUT2D eigenvalue weighted by atomic mass is 35.5. The monoisotopic (exact) mass is 372 g/mol. The molecular formula is C13H9Cl2F3O5. The molecule has 0 aromatic heterocycles. The minimum absolute atomic E-state index is 0.0204. The van der Waals surface area contributed by atoms with E-state index in [1.807, 2.05) is 0 Å². The Bertz CT molecular complexity index is 700. The van der Waals surface area contributed by atoms with Crippen LogP contribution in [0.4, 0.5) is 13.2 Å². The molecule has 0 radical (unpaired) electrons. The van der Waals surface area contributed by atoms with Gasteiger partial charge in [-0.05, 0) is 6.08 Å². The van der Waals surface area contributed by atoms with Gasteiger partial charge in [0.05, 0.1) is 28.8 Å². The van der Waals surface area contributed by atoms with Crippen LogP contribution in [0.3, 0.4) is 0 Å². The molecule has 1 aromatic rings. The third kappa shape index (κ3) is 2.99. The van der Waals surface area contributed by atoms with Gasteiger partial charge in [-0.2, -0.15) is 13.2 Å². The second-order valence-electron chi connectivity index (χ2n) is 4.59. The molecule has 0 fully saturated rings. The Morgan fingerprint density at radius 1 is 1.17 bits per heavy atom. The van der Waals surface area contributed by atoms with Gasteiger partial charge in [0.25, 0.3) is 0 Å². The molecule has 126 valence electrons.